The van der Waals surface area contributed by atoms with Gasteiger partial charge in [0.05, 0.1) is 24.4 Å². The van der Waals surface area contributed by atoms with Crippen molar-refractivity contribution in [1.29, 1.82) is 0 Å². The van der Waals surface area contributed by atoms with Crippen molar-refractivity contribution < 1.29 is 9.13 Å². The van der Waals surface area contributed by atoms with Crippen LogP contribution >= 0.6 is 11.3 Å². The maximum atomic E-state index is 13.6. The van der Waals surface area contributed by atoms with Crippen LogP contribution < -0.4 is 16.0 Å². The fourth-order valence-electron chi connectivity index (χ4n) is 1.58. The molecule has 1 unspecified atom stereocenters. The van der Waals surface area contributed by atoms with Crippen molar-refractivity contribution in [2.75, 3.05) is 7.11 Å². The Kier molecular flexibility index (Phi) is 3.68. The quantitative estimate of drug-likeness (QED) is 0.645. The molecule has 0 radical (unpaired) electrons. The van der Waals surface area contributed by atoms with Crippen molar-refractivity contribution in [2.24, 2.45) is 5.84 Å². The Balaban J connectivity index is 2.35. The number of nitrogens with two attached hydrogens (primary N) is 1. The van der Waals surface area contributed by atoms with E-state index in [9.17, 15) is 4.39 Å². The molecule has 6 heteroatoms. The molecular weight excluding hydrogens is 241 g/mol. The summed E-state index contributed by atoms with van der Waals surface area (Å²) >= 11 is 1.46. The van der Waals surface area contributed by atoms with Crippen LogP contribution in [0.1, 0.15) is 17.3 Å². The lowest BCUT2D eigenvalue weighted by atomic mass is 10.0. The van der Waals surface area contributed by atoms with Crippen molar-refractivity contribution in [3.8, 4) is 5.75 Å². The van der Waals surface area contributed by atoms with Crippen LogP contribution in [0.2, 0.25) is 0 Å². The second-order valence-corrected chi connectivity index (χ2v) is 4.13. The van der Waals surface area contributed by atoms with Gasteiger partial charge in [-0.25, -0.2) is 14.8 Å². The maximum absolute atomic E-state index is 13.6. The number of rotatable bonds is 4. The Hall–Kier alpha value is -1.50. The lowest BCUT2D eigenvalue weighted by Gasteiger charge is -2.14. The van der Waals surface area contributed by atoms with Crippen LogP contribution in [-0.2, 0) is 0 Å². The summed E-state index contributed by atoms with van der Waals surface area (Å²) in [6, 6.07) is 4.40. The van der Waals surface area contributed by atoms with Crippen molar-refractivity contribution >= 4 is 11.3 Å². The number of hydrogen-bond donors (Lipinski definition) is 2. The SMILES string of the molecule is COc1ccc(C(NN)c2cscn2)cc1F. The molecule has 0 amide bonds. The molecule has 1 aromatic heterocycles. The summed E-state index contributed by atoms with van der Waals surface area (Å²) in [4.78, 5) is 4.16. The van der Waals surface area contributed by atoms with E-state index in [-0.39, 0.29) is 11.8 Å². The van der Waals surface area contributed by atoms with Crippen LogP contribution in [0.5, 0.6) is 5.75 Å². The van der Waals surface area contributed by atoms with E-state index in [0.717, 1.165) is 5.69 Å². The lowest BCUT2D eigenvalue weighted by Crippen LogP contribution is -2.29. The molecule has 0 fully saturated rings. The molecule has 0 aliphatic carbocycles. The van der Waals surface area contributed by atoms with E-state index in [1.165, 1.54) is 24.5 Å². The maximum Gasteiger partial charge on any atom is 0.165 e. The van der Waals surface area contributed by atoms with Gasteiger partial charge in [0.15, 0.2) is 11.6 Å². The number of thiazole rings is 1. The first kappa shape index (κ1) is 12.0. The van der Waals surface area contributed by atoms with Crippen molar-refractivity contribution in [2.45, 2.75) is 6.04 Å². The van der Waals surface area contributed by atoms with E-state index in [1.807, 2.05) is 5.38 Å². The number of nitrogens with zero attached hydrogens (tertiary/aromatic N) is 1. The minimum absolute atomic E-state index is 0.211. The summed E-state index contributed by atoms with van der Waals surface area (Å²) in [5, 5.41) is 1.87. The lowest BCUT2D eigenvalue weighted by molar-refractivity contribution is 0.385. The second-order valence-electron chi connectivity index (χ2n) is 3.41. The molecule has 0 bridgehead atoms. The van der Waals surface area contributed by atoms with Crippen LogP contribution in [0.4, 0.5) is 4.39 Å². The molecule has 90 valence electrons. The van der Waals surface area contributed by atoms with E-state index >= 15 is 0 Å². The van der Waals surface area contributed by atoms with Gasteiger partial charge in [-0.2, -0.15) is 0 Å². The van der Waals surface area contributed by atoms with E-state index in [0.29, 0.717) is 5.56 Å². The topological polar surface area (TPSA) is 60.2 Å². The smallest absolute Gasteiger partial charge is 0.165 e. The number of benzene rings is 1. The molecule has 2 aromatic rings. The van der Waals surface area contributed by atoms with Gasteiger partial charge >= 0.3 is 0 Å². The molecule has 3 N–H and O–H groups in total. The second kappa shape index (κ2) is 5.22. The number of hydrazine groups is 1. The molecule has 1 aromatic carbocycles. The van der Waals surface area contributed by atoms with Crippen molar-refractivity contribution in [3.63, 3.8) is 0 Å². The van der Waals surface area contributed by atoms with Crippen molar-refractivity contribution in [1.82, 2.24) is 10.4 Å². The highest BCUT2D eigenvalue weighted by Gasteiger charge is 2.16. The van der Waals surface area contributed by atoms with Gasteiger partial charge in [0, 0.05) is 5.38 Å². The average molecular weight is 253 g/mol. The van der Waals surface area contributed by atoms with E-state index in [1.54, 1.807) is 17.6 Å². The molecule has 0 saturated heterocycles. The average Bonchev–Trinajstić information content (AvgIpc) is 2.84. The van der Waals surface area contributed by atoms with Gasteiger partial charge < -0.3 is 4.74 Å². The summed E-state index contributed by atoms with van der Waals surface area (Å²) in [6.45, 7) is 0. The number of halogens is 1. The first-order valence-corrected chi connectivity index (χ1v) is 5.88. The third kappa shape index (κ3) is 2.44. The van der Waals surface area contributed by atoms with Crippen LogP contribution in [0, 0.1) is 5.82 Å². The normalized spacial score (nSPS) is 12.4. The number of nitrogens with one attached hydrogen (secondary N) is 1. The number of ether oxygens (including phenoxy) is 1. The summed E-state index contributed by atoms with van der Waals surface area (Å²) < 4.78 is 18.4. The number of hydrogen-bond acceptors (Lipinski definition) is 5. The molecule has 0 saturated carbocycles. The predicted molar refractivity (Wildman–Crippen MR) is 64.2 cm³/mol. The van der Waals surface area contributed by atoms with Crippen molar-refractivity contribution in [3.05, 3.63) is 46.2 Å². The van der Waals surface area contributed by atoms with Crippen LogP contribution in [-0.4, -0.2) is 12.1 Å². The van der Waals surface area contributed by atoms with Crippen LogP contribution in [0.25, 0.3) is 0 Å². The third-order valence-electron chi connectivity index (χ3n) is 2.42. The first-order valence-electron chi connectivity index (χ1n) is 4.94. The molecule has 0 spiro atoms. The van der Waals surface area contributed by atoms with Crippen LogP contribution in [0.15, 0.2) is 29.1 Å². The molecule has 1 atom stereocenters. The predicted octanol–water partition coefficient (Wildman–Crippen LogP) is 1.84. The van der Waals surface area contributed by atoms with Gasteiger partial charge in [0.25, 0.3) is 0 Å². The molecule has 1 heterocycles. The summed E-state index contributed by atoms with van der Waals surface area (Å²) in [6.07, 6.45) is 0. The van der Waals surface area contributed by atoms with Gasteiger partial charge in [-0.1, -0.05) is 6.07 Å². The number of aromatic nitrogens is 1. The van der Waals surface area contributed by atoms with E-state index in [4.69, 9.17) is 10.6 Å². The highest BCUT2D eigenvalue weighted by Crippen LogP contribution is 2.25. The Morgan fingerprint density at radius 3 is 2.88 bits per heavy atom. The van der Waals surface area contributed by atoms with Crippen LogP contribution in [0.3, 0.4) is 0 Å². The molecule has 17 heavy (non-hydrogen) atoms. The fraction of sp³-hybridized carbons (Fsp3) is 0.182. The number of methoxy groups -OCH3 is 1. The minimum atomic E-state index is -0.416. The Bertz CT molecular complexity index is 489. The zero-order valence-corrected chi connectivity index (χ0v) is 10.00. The summed E-state index contributed by atoms with van der Waals surface area (Å²) in [5.74, 6) is 5.27. The van der Waals surface area contributed by atoms with Gasteiger partial charge in [0.2, 0.25) is 0 Å². The molecule has 4 nitrogen and oxygen atoms in total. The first-order chi connectivity index (χ1) is 8.26. The molecule has 0 aliphatic heterocycles. The zero-order chi connectivity index (χ0) is 12.3. The van der Waals surface area contributed by atoms with Gasteiger partial charge in [-0.15, -0.1) is 11.3 Å². The standard InChI is InChI=1S/C11H12FN3OS/c1-16-10-3-2-7(4-8(10)12)11(15-13)9-5-17-6-14-9/h2-6,11,15H,13H2,1H3. The van der Waals surface area contributed by atoms with E-state index in [2.05, 4.69) is 10.4 Å². The summed E-state index contributed by atoms with van der Waals surface area (Å²) in [5.41, 5.74) is 5.80. The van der Waals surface area contributed by atoms with Gasteiger partial charge in [-0.05, 0) is 17.7 Å². The Labute approximate surface area is 102 Å². The van der Waals surface area contributed by atoms with Gasteiger partial charge in [-0.3, -0.25) is 5.84 Å². The highest BCUT2D eigenvalue weighted by molar-refractivity contribution is 7.07. The molecule has 0 aliphatic rings. The monoisotopic (exact) mass is 253 g/mol. The minimum Gasteiger partial charge on any atom is -0.494 e. The Morgan fingerprint density at radius 1 is 1.53 bits per heavy atom. The molecular formula is C11H12FN3OS. The largest absolute Gasteiger partial charge is 0.494 e. The fourth-order valence-corrected chi connectivity index (χ4v) is 2.16. The van der Waals surface area contributed by atoms with E-state index < -0.39 is 5.82 Å². The highest BCUT2D eigenvalue weighted by atomic mass is 32.1. The zero-order valence-electron chi connectivity index (χ0n) is 9.18. The Morgan fingerprint density at radius 2 is 2.35 bits per heavy atom. The molecule has 2 rings (SSSR count). The summed E-state index contributed by atoms with van der Waals surface area (Å²) in [7, 11) is 1.43. The van der Waals surface area contributed by atoms with Gasteiger partial charge in [0.1, 0.15) is 0 Å². The third-order valence-corrected chi connectivity index (χ3v) is 3.03.